The van der Waals surface area contributed by atoms with Crippen molar-refractivity contribution < 1.29 is 8.42 Å². The summed E-state index contributed by atoms with van der Waals surface area (Å²) >= 11 is 0. The van der Waals surface area contributed by atoms with Crippen molar-refractivity contribution in [2.45, 2.75) is 6.42 Å². The summed E-state index contributed by atoms with van der Waals surface area (Å²) in [5.74, 6) is 0.0633. The van der Waals surface area contributed by atoms with Crippen LogP contribution in [0.4, 0.5) is 0 Å². The van der Waals surface area contributed by atoms with Gasteiger partial charge < -0.3 is 5.32 Å². The highest BCUT2D eigenvalue weighted by Crippen LogP contribution is 1.81. The van der Waals surface area contributed by atoms with Crippen LogP contribution in [0.5, 0.6) is 0 Å². The van der Waals surface area contributed by atoms with Crippen LogP contribution in [0.15, 0.2) is 0 Å². The van der Waals surface area contributed by atoms with Gasteiger partial charge in [-0.2, -0.15) is 0 Å². The third-order valence-corrected chi connectivity index (χ3v) is 1.71. The van der Waals surface area contributed by atoms with Gasteiger partial charge in [0.1, 0.15) is 0 Å². The molecule has 56 valence electrons. The topological polar surface area (TPSA) is 72.2 Å². The molecule has 0 aromatic heterocycles. The molecule has 0 spiro atoms. The van der Waals surface area contributed by atoms with Crippen molar-refractivity contribution in [1.29, 1.82) is 0 Å². The molecule has 0 aliphatic rings. The zero-order chi connectivity index (χ0) is 7.33. The second-order valence-electron chi connectivity index (χ2n) is 1.82. The van der Waals surface area contributed by atoms with Crippen molar-refractivity contribution in [2.75, 3.05) is 19.3 Å². The molecule has 0 heterocycles. The number of rotatable bonds is 4. The molecular weight excluding hydrogens is 140 g/mol. The zero-order valence-electron chi connectivity index (χ0n) is 5.42. The largest absolute Gasteiger partial charge is 0.320 e. The van der Waals surface area contributed by atoms with Crippen molar-refractivity contribution in [2.24, 2.45) is 5.14 Å². The van der Waals surface area contributed by atoms with Crippen LogP contribution in [0, 0.1) is 0 Å². The van der Waals surface area contributed by atoms with Crippen LogP contribution >= 0.6 is 0 Å². The molecule has 4 nitrogen and oxygen atoms in total. The molecule has 0 amide bonds. The van der Waals surface area contributed by atoms with Crippen molar-refractivity contribution in [1.82, 2.24) is 5.32 Å². The van der Waals surface area contributed by atoms with Crippen LogP contribution < -0.4 is 10.5 Å². The number of sulfonamides is 1. The minimum Gasteiger partial charge on any atom is -0.320 e. The van der Waals surface area contributed by atoms with Crippen molar-refractivity contribution in [3.05, 3.63) is 0 Å². The fraction of sp³-hybridized carbons (Fsp3) is 1.00. The summed E-state index contributed by atoms with van der Waals surface area (Å²) in [5.41, 5.74) is 0. The normalized spacial score (nSPS) is 11.8. The lowest BCUT2D eigenvalue weighted by molar-refractivity contribution is 0.593. The van der Waals surface area contributed by atoms with E-state index in [0.717, 1.165) is 0 Å². The van der Waals surface area contributed by atoms with E-state index in [1.807, 2.05) is 0 Å². The van der Waals surface area contributed by atoms with E-state index < -0.39 is 10.0 Å². The molecule has 0 aliphatic carbocycles. The van der Waals surface area contributed by atoms with Gasteiger partial charge in [-0.1, -0.05) is 0 Å². The summed E-state index contributed by atoms with van der Waals surface area (Å²) < 4.78 is 20.5. The maximum absolute atomic E-state index is 10.3. The molecule has 0 radical (unpaired) electrons. The fourth-order valence-electron chi connectivity index (χ4n) is 0.450. The number of hydrogen-bond acceptors (Lipinski definition) is 3. The Hall–Kier alpha value is -0.130. The smallest absolute Gasteiger partial charge is 0.209 e. The van der Waals surface area contributed by atoms with Gasteiger partial charge in [-0.15, -0.1) is 0 Å². The molecule has 3 N–H and O–H groups in total. The average molecular weight is 152 g/mol. The average Bonchev–Trinajstić information content (AvgIpc) is 1.63. The third kappa shape index (κ3) is 7.87. The van der Waals surface area contributed by atoms with Crippen LogP contribution in [-0.2, 0) is 10.0 Å². The van der Waals surface area contributed by atoms with E-state index in [0.29, 0.717) is 13.0 Å². The van der Waals surface area contributed by atoms with E-state index in [1.165, 1.54) is 0 Å². The van der Waals surface area contributed by atoms with Gasteiger partial charge in [-0.05, 0) is 20.0 Å². The van der Waals surface area contributed by atoms with Gasteiger partial charge in [0.05, 0.1) is 5.75 Å². The first kappa shape index (κ1) is 8.87. The second kappa shape index (κ2) is 3.81. The standard InChI is InChI=1S/C4H12N2O2S/c1-6-3-2-4-9(5,7)8/h6H,2-4H2,1H3,(H2,5,7,8). The lowest BCUT2D eigenvalue weighted by Gasteiger charge is -1.95. The number of nitrogens with two attached hydrogens (primary N) is 1. The van der Waals surface area contributed by atoms with Crippen molar-refractivity contribution >= 4 is 10.0 Å². The van der Waals surface area contributed by atoms with Crippen molar-refractivity contribution in [3.63, 3.8) is 0 Å². The van der Waals surface area contributed by atoms with Gasteiger partial charge in [-0.3, -0.25) is 0 Å². The van der Waals surface area contributed by atoms with Crippen LogP contribution in [0.1, 0.15) is 6.42 Å². The maximum Gasteiger partial charge on any atom is 0.209 e. The van der Waals surface area contributed by atoms with E-state index in [4.69, 9.17) is 5.14 Å². The first-order valence-corrected chi connectivity index (χ1v) is 4.43. The Bertz CT molecular complexity index is 152. The Balaban J connectivity index is 3.30. The molecule has 5 heteroatoms. The Labute approximate surface area is 55.5 Å². The predicted octanol–water partition coefficient (Wildman–Crippen LogP) is -1.12. The molecule has 0 saturated heterocycles. The minimum atomic E-state index is -3.24. The minimum absolute atomic E-state index is 0.0633. The summed E-state index contributed by atoms with van der Waals surface area (Å²) in [6.07, 6.45) is 0.579. The number of hydrogen-bond donors (Lipinski definition) is 2. The van der Waals surface area contributed by atoms with Crippen LogP contribution in [0.3, 0.4) is 0 Å². The first-order valence-electron chi connectivity index (χ1n) is 2.71. The Morgan fingerprint density at radius 3 is 2.44 bits per heavy atom. The zero-order valence-corrected chi connectivity index (χ0v) is 6.24. The molecular formula is C4H12N2O2S. The van der Waals surface area contributed by atoms with Crippen LogP contribution in [-0.4, -0.2) is 27.8 Å². The van der Waals surface area contributed by atoms with Crippen molar-refractivity contribution in [3.8, 4) is 0 Å². The van der Waals surface area contributed by atoms with E-state index in [1.54, 1.807) is 7.05 Å². The molecule has 0 rings (SSSR count). The van der Waals surface area contributed by atoms with Gasteiger partial charge >= 0.3 is 0 Å². The summed E-state index contributed by atoms with van der Waals surface area (Å²) in [7, 11) is -1.47. The SMILES string of the molecule is CNCCCS(N)(=O)=O. The van der Waals surface area contributed by atoms with Gasteiger partial charge in [0.2, 0.25) is 10.0 Å². The number of primary sulfonamides is 1. The molecule has 0 saturated carbocycles. The summed E-state index contributed by atoms with van der Waals surface area (Å²) in [5, 5.41) is 7.54. The predicted molar refractivity (Wildman–Crippen MR) is 36.5 cm³/mol. The number of nitrogens with one attached hydrogen (secondary N) is 1. The monoisotopic (exact) mass is 152 g/mol. The van der Waals surface area contributed by atoms with Gasteiger partial charge in [-0.25, -0.2) is 13.6 Å². The lowest BCUT2D eigenvalue weighted by Crippen LogP contribution is -2.20. The second-order valence-corrected chi connectivity index (χ2v) is 3.56. The first-order chi connectivity index (χ1) is 4.06. The summed E-state index contributed by atoms with van der Waals surface area (Å²) in [6.45, 7) is 0.691. The highest BCUT2D eigenvalue weighted by atomic mass is 32.2. The molecule has 0 bridgehead atoms. The van der Waals surface area contributed by atoms with Gasteiger partial charge in [0.15, 0.2) is 0 Å². The van der Waals surface area contributed by atoms with E-state index in [9.17, 15) is 8.42 Å². The van der Waals surface area contributed by atoms with Gasteiger partial charge in [0, 0.05) is 0 Å². The molecule has 0 unspecified atom stereocenters. The van der Waals surface area contributed by atoms with Crippen LogP contribution in [0.2, 0.25) is 0 Å². The molecule has 0 fully saturated rings. The molecule has 0 aromatic rings. The highest BCUT2D eigenvalue weighted by molar-refractivity contribution is 7.89. The highest BCUT2D eigenvalue weighted by Gasteiger charge is 1.99. The maximum atomic E-state index is 10.3. The summed E-state index contributed by atoms with van der Waals surface area (Å²) in [4.78, 5) is 0. The Morgan fingerprint density at radius 1 is 1.56 bits per heavy atom. The quantitative estimate of drug-likeness (QED) is 0.501. The lowest BCUT2D eigenvalue weighted by atomic mass is 10.5. The molecule has 0 aliphatic heterocycles. The molecule has 0 aromatic carbocycles. The summed E-state index contributed by atoms with van der Waals surface area (Å²) in [6, 6.07) is 0. The van der Waals surface area contributed by atoms with E-state index in [2.05, 4.69) is 5.32 Å². The Morgan fingerprint density at radius 2 is 2.11 bits per heavy atom. The third-order valence-electron chi connectivity index (χ3n) is 0.856. The Kier molecular flexibility index (Phi) is 3.76. The van der Waals surface area contributed by atoms with E-state index in [-0.39, 0.29) is 5.75 Å². The molecule has 0 atom stereocenters. The molecule has 9 heavy (non-hydrogen) atoms. The fourth-order valence-corrected chi connectivity index (χ4v) is 0.997. The van der Waals surface area contributed by atoms with Crippen LogP contribution in [0.25, 0.3) is 0 Å². The van der Waals surface area contributed by atoms with E-state index >= 15 is 0 Å². The van der Waals surface area contributed by atoms with Gasteiger partial charge in [0.25, 0.3) is 0 Å².